The number of amides is 1. The van der Waals surface area contributed by atoms with E-state index in [1.807, 2.05) is 17.5 Å². The van der Waals surface area contributed by atoms with E-state index in [-0.39, 0.29) is 11.6 Å². The van der Waals surface area contributed by atoms with Crippen LogP contribution in [0.3, 0.4) is 0 Å². The first kappa shape index (κ1) is 17.7. The number of methoxy groups -OCH3 is 1. The predicted octanol–water partition coefficient (Wildman–Crippen LogP) is 2.76. The van der Waals surface area contributed by atoms with Gasteiger partial charge in [0.25, 0.3) is 5.56 Å². The second kappa shape index (κ2) is 7.40. The van der Waals surface area contributed by atoms with Crippen molar-refractivity contribution in [2.24, 2.45) is 0 Å². The van der Waals surface area contributed by atoms with Crippen LogP contribution in [0.1, 0.15) is 13.0 Å². The third kappa shape index (κ3) is 3.60. The minimum atomic E-state index is -0.827. The summed E-state index contributed by atoms with van der Waals surface area (Å²) >= 11 is 1.48. The molecule has 2 aromatic heterocycles. The lowest BCUT2D eigenvalue weighted by atomic mass is 10.2. The van der Waals surface area contributed by atoms with E-state index in [4.69, 9.17) is 10.5 Å². The summed E-state index contributed by atoms with van der Waals surface area (Å²) in [5.74, 6) is 0.317. The highest BCUT2D eigenvalue weighted by molar-refractivity contribution is 7.13. The van der Waals surface area contributed by atoms with Crippen LogP contribution < -0.4 is 21.3 Å². The predicted molar refractivity (Wildman–Crippen MR) is 103 cm³/mol. The molecule has 0 aliphatic rings. The molecule has 8 heteroatoms. The fourth-order valence-electron chi connectivity index (χ4n) is 2.37. The Kier molecular flexibility index (Phi) is 5.04. The molecule has 26 heavy (non-hydrogen) atoms. The molecule has 0 bridgehead atoms. The number of hydrogen-bond acceptors (Lipinski definition) is 6. The van der Waals surface area contributed by atoms with E-state index in [0.29, 0.717) is 17.1 Å². The van der Waals surface area contributed by atoms with Gasteiger partial charge in [0.2, 0.25) is 5.91 Å². The topological polar surface area (TPSA) is 99.2 Å². The number of nitrogens with zero attached hydrogens (tertiary/aromatic N) is 2. The van der Waals surface area contributed by atoms with Gasteiger partial charge in [-0.3, -0.25) is 9.59 Å². The molecule has 3 aromatic rings. The molecule has 0 spiro atoms. The average molecular weight is 370 g/mol. The average Bonchev–Trinajstić information content (AvgIpc) is 3.18. The van der Waals surface area contributed by atoms with Crippen LogP contribution in [0.25, 0.3) is 10.6 Å². The Bertz CT molecular complexity index is 965. The summed E-state index contributed by atoms with van der Waals surface area (Å²) in [4.78, 5) is 25.8. The molecule has 3 rings (SSSR count). The van der Waals surface area contributed by atoms with Gasteiger partial charge in [0.1, 0.15) is 23.2 Å². The molecule has 1 amide bonds. The molecule has 7 nitrogen and oxygen atoms in total. The van der Waals surface area contributed by atoms with Gasteiger partial charge in [0.05, 0.1) is 12.0 Å². The van der Waals surface area contributed by atoms with Crippen LogP contribution in [0.5, 0.6) is 5.75 Å². The molecule has 0 unspecified atom stereocenters. The first-order valence-electron chi connectivity index (χ1n) is 7.87. The van der Waals surface area contributed by atoms with Crippen molar-refractivity contribution in [3.05, 3.63) is 58.2 Å². The van der Waals surface area contributed by atoms with Crippen LogP contribution in [-0.2, 0) is 4.79 Å². The Morgan fingerprint density at radius 3 is 2.65 bits per heavy atom. The number of ether oxygens (including phenoxy) is 1. The van der Waals surface area contributed by atoms with E-state index in [2.05, 4.69) is 10.4 Å². The van der Waals surface area contributed by atoms with E-state index in [1.165, 1.54) is 17.4 Å². The monoisotopic (exact) mass is 370 g/mol. The molecule has 1 atom stereocenters. The molecular weight excluding hydrogens is 352 g/mol. The second-order valence-electron chi connectivity index (χ2n) is 5.61. The number of rotatable bonds is 5. The van der Waals surface area contributed by atoms with Crippen LogP contribution >= 0.6 is 11.3 Å². The second-order valence-corrected chi connectivity index (χ2v) is 6.55. The minimum absolute atomic E-state index is 0.0486. The first-order valence-corrected chi connectivity index (χ1v) is 8.75. The highest BCUT2D eigenvalue weighted by Gasteiger charge is 2.20. The Morgan fingerprint density at radius 2 is 2.04 bits per heavy atom. The summed E-state index contributed by atoms with van der Waals surface area (Å²) in [6, 6.07) is 11.4. The van der Waals surface area contributed by atoms with Gasteiger partial charge in [0, 0.05) is 5.69 Å². The Labute approximate surface area is 154 Å². The van der Waals surface area contributed by atoms with E-state index >= 15 is 0 Å². The normalized spacial score (nSPS) is 11.8. The van der Waals surface area contributed by atoms with Crippen molar-refractivity contribution < 1.29 is 9.53 Å². The van der Waals surface area contributed by atoms with Crippen molar-refractivity contribution in [1.29, 1.82) is 0 Å². The number of nitrogens with one attached hydrogen (secondary N) is 1. The number of anilines is 2. The van der Waals surface area contributed by atoms with Crippen molar-refractivity contribution in [2.75, 3.05) is 18.2 Å². The maximum absolute atomic E-state index is 12.5. The van der Waals surface area contributed by atoms with E-state index in [1.54, 1.807) is 38.3 Å². The summed E-state index contributed by atoms with van der Waals surface area (Å²) in [6.07, 6.45) is 0. The van der Waals surface area contributed by atoms with E-state index in [9.17, 15) is 9.59 Å². The number of nitrogens with two attached hydrogens (primary N) is 1. The van der Waals surface area contributed by atoms with Crippen LogP contribution in [0.15, 0.2) is 52.6 Å². The molecule has 134 valence electrons. The molecule has 0 radical (unpaired) electrons. The summed E-state index contributed by atoms with van der Waals surface area (Å²) in [5.41, 5.74) is 6.54. The lowest BCUT2D eigenvalue weighted by Crippen LogP contribution is -2.34. The number of carbonyl (C=O) groups excluding carboxylic acids is 1. The Balaban J connectivity index is 1.87. The molecule has 0 aliphatic heterocycles. The first-order chi connectivity index (χ1) is 12.5. The molecule has 2 heterocycles. The van der Waals surface area contributed by atoms with Crippen LogP contribution in [0.2, 0.25) is 0 Å². The number of thiophene rings is 1. The summed E-state index contributed by atoms with van der Waals surface area (Å²) in [6.45, 7) is 1.60. The molecule has 3 N–H and O–H groups in total. The maximum Gasteiger partial charge on any atom is 0.290 e. The smallest absolute Gasteiger partial charge is 0.290 e. The van der Waals surface area contributed by atoms with Gasteiger partial charge >= 0.3 is 0 Å². The molecule has 0 fully saturated rings. The fourth-order valence-corrected chi connectivity index (χ4v) is 3.05. The standard InChI is InChI=1S/C18H18N4O3S/c1-11(17(23)20-12-5-7-13(25-2)8-6-12)22-18(24)14(19)10-15(21-22)16-4-3-9-26-16/h3-11H,19H2,1-2H3,(H,20,23)/t11-/m1/s1. The van der Waals surface area contributed by atoms with Gasteiger partial charge in [-0.1, -0.05) is 6.07 Å². The largest absolute Gasteiger partial charge is 0.497 e. The van der Waals surface area contributed by atoms with Crippen molar-refractivity contribution in [1.82, 2.24) is 9.78 Å². The third-order valence-corrected chi connectivity index (χ3v) is 4.73. The highest BCUT2D eigenvalue weighted by Crippen LogP contribution is 2.23. The van der Waals surface area contributed by atoms with Gasteiger partial charge in [-0.25, -0.2) is 4.68 Å². The zero-order chi connectivity index (χ0) is 18.7. The number of hydrogen-bond donors (Lipinski definition) is 2. The van der Waals surface area contributed by atoms with Crippen molar-refractivity contribution in [3.63, 3.8) is 0 Å². The molecule has 1 aromatic carbocycles. The zero-order valence-corrected chi connectivity index (χ0v) is 15.1. The number of nitrogen functional groups attached to an aromatic ring is 1. The van der Waals surface area contributed by atoms with Gasteiger partial charge in [0.15, 0.2) is 0 Å². The summed E-state index contributed by atoms with van der Waals surface area (Å²) < 4.78 is 6.20. The quantitative estimate of drug-likeness (QED) is 0.719. The number of carbonyl (C=O) groups is 1. The van der Waals surface area contributed by atoms with Crippen molar-refractivity contribution in [3.8, 4) is 16.3 Å². The Morgan fingerprint density at radius 1 is 1.31 bits per heavy atom. The molecule has 0 saturated carbocycles. The van der Waals surface area contributed by atoms with Crippen LogP contribution in [0.4, 0.5) is 11.4 Å². The van der Waals surface area contributed by atoms with Crippen molar-refractivity contribution in [2.45, 2.75) is 13.0 Å². The van der Waals surface area contributed by atoms with Gasteiger partial charge < -0.3 is 15.8 Å². The van der Waals surface area contributed by atoms with E-state index < -0.39 is 11.6 Å². The summed E-state index contributed by atoms with van der Waals surface area (Å²) in [7, 11) is 1.57. The summed E-state index contributed by atoms with van der Waals surface area (Å²) in [5, 5.41) is 8.98. The molecular formula is C18H18N4O3S. The zero-order valence-electron chi connectivity index (χ0n) is 14.3. The SMILES string of the molecule is COc1ccc(NC(=O)[C@@H](C)n2nc(-c3cccs3)cc(N)c2=O)cc1. The van der Waals surface area contributed by atoms with Crippen LogP contribution in [0, 0.1) is 0 Å². The third-order valence-electron chi connectivity index (χ3n) is 3.84. The maximum atomic E-state index is 12.5. The highest BCUT2D eigenvalue weighted by atomic mass is 32.1. The van der Waals surface area contributed by atoms with Gasteiger partial charge in [-0.05, 0) is 48.7 Å². The van der Waals surface area contributed by atoms with Crippen LogP contribution in [-0.4, -0.2) is 22.8 Å². The molecule has 0 saturated heterocycles. The number of benzene rings is 1. The van der Waals surface area contributed by atoms with E-state index in [0.717, 1.165) is 9.56 Å². The minimum Gasteiger partial charge on any atom is -0.497 e. The molecule has 0 aliphatic carbocycles. The lowest BCUT2D eigenvalue weighted by molar-refractivity contribution is -0.119. The number of aromatic nitrogens is 2. The van der Waals surface area contributed by atoms with Crippen molar-refractivity contribution >= 4 is 28.6 Å². The fraction of sp³-hybridized carbons (Fsp3) is 0.167. The van der Waals surface area contributed by atoms with Gasteiger partial charge in [-0.2, -0.15) is 5.10 Å². The Hall–Kier alpha value is -3.13. The van der Waals surface area contributed by atoms with Gasteiger partial charge in [-0.15, -0.1) is 11.3 Å². The lowest BCUT2D eigenvalue weighted by Gasteiger charge is -2.15.